The summed E-state index contributed by atoms with van der Waals surface area (Å²) in [6, 6.07) is 0.516. The van der Waals surface area contributed by atoms with Gasteiger partial charge in [-0.25, -0.2) is 0 Å². The van der Waals surface area contributed by atoms with E-state index < -0.39 is 0 Å². The molecule has 1 N–H and O–H groups in total. The summed E-state index contributed by atoms with van der Waals surface area (Å²) in [5.41, 5.74) is 0.680. The molecule has 2 aromatic rings. The first-order chi connectivity index (χ1) is 8.33. The summed E-state index contributed by atoms with van der Waals surface area (Å²) in [5, 5.41) is 15.0. The number of rotatable bonds is 2. The minimum atomic E-state index is 0.516. The quantitative estimate of drug-likeness (QED) is 0.850. The average Bonchev–Trinajstić information content (AvgIpc) is 2.81. The van der Waals surface area contributed by atoms with E-state index in [2.05, 4.69) is 32.7 Å². The van der Waals surface area contributed by atoms with E-state index in [1.54, 1.807) is 16.9 Å². The minimum Gasteiger partial charge on any atom is -0.366 e. The zero-order valence-corrected chi connectivity index (χ0v) is 9.87. The Morgan fingerprint density at radius 2 is 2.06 bits per heavy atom. The Balaban J connectivity index is 1.78. The van der Waals surface area contributed by atoms with Gasteiger partial charge in [0, 0.05) is 6.04 Å². The third-order valence-electron chi connectivity index (χ3n) is 3.48. The predicted octanol–water partition coefficient (Wildman–Crippen LogP) is 1.51. The molecule has 1 fully saturated rings. The number of fused-ring (bicyclic) bond motifs is 1. The zero-order valence-electron chi connectivity index (χ0n) is 9.87. The second-order valence-electron chi connectivity index (χ2n) is 4.84. The molecular weight excluding hydrogens is 216 g/mol. The van der Waals surface area contributed by atoms with E-state index in [-0.39, 0.29) is 0 Å². The molecule has 2 heterocycles. The highest BCUT2D eigenvalue weighted by Gasteiger charge is 2.18. The smallest absolute Gasteiger partial charge is 0.199 e. The first kappa shape index (κ1) is 10.4. The molecule has 6 nitrogen and oxygen atoms in total. The van der Waals surface area contributed by atoms with Crippen molar-refractivity contribution in [1.29, 1.82) is 0 Å². The molecule has 1 aliphatic carbocycles. The third kappa shape index (κ3) is 2.07. The Kier molecular flexibility index (Phi) is 2.62. The van der Waals surface area contributed by atoms with Crippen LogP contribution in [-0.4, -0.2) is 31.1 Å². The van der Waals surface area contributed by atoms with Gasteiger partial charge in [-0.2, -0.15) is 4.52 Å². The van der Waals surface area contributed by atoms with Crippen LogP contribution in [-0.2, 0) is 0 Å². The third-order valence-corrected chi connectivity index (χ3v) is 3.48. The maximum Gasteiger partial charge on any atom is 0.199 e. The first-order valence-corrected chi connectivity index (χ1v) is 6.11. The topological polar surface area (TPSA) is 68.0 Å². The Bertz CT molecular complexity index is 499. The Morgan fingerprint density at radius 3 is 2.88 bits per heavy atom. The molecule has 0 atom stereocenters. The van der Waals surface area contributed by atoms with Crippen LogP contribution in [0.1, 0.15) is 32.6 Å². The lowest BCUT2D eigenvalue weighted by Crippen LogP contribution is -2.26. The summed E-state index contributed by atoms with van der Waals surface area (Å²) in [6.45, 7) is 2.32. The number of hydrogen-bond donors (Lipinski definition) is 1. The van der Waals surface area contributed by atoms with Crippen molar-refractivity contribution >= 4 is 11.5 Å². The van der Waals surface area contributed by atoms with Crippen molar-refractivity contribution in [2.45, 2.75) is 38.6 Å². The Hall–Kier alpha value is -1.72. The van der Waals surface area contributed by atoms with Gasteiger partial charge in [0.2, 0.25) is 0 Å². The van der Waals surface area contributed by atoms with E-state index in [1.807, 2.05) is 0 Å². The SMILES string of the molecule is CC1CCC(Nc2cncc3nnnn23)CC1. The highest BCUT2D eigenvalue weighted by molar-refractivity contribution is 5.44. The molecule has 3 rings (SSSR count). The maximum absolute atomic E-state index is 4.14. The monoisotopic (exact) mass is 232 g/mol. The van der Waals surface area contributed by atoms with E-state index in [9.17, 15) is 0 Å². The number of hydrogen-bond acceptors (Lipinski definition) is 5. The van der Waals surface area contributed by atoms with Crippen LogP contribution in [0.5, 0.6) is 0 Å². The Morgan fingerprint density at radius 1 is 1.24 bits per heavy atom. The van der Waals surface area contributed by atoms with Crippen molar-refractivity contribution in [2.24, 2.45) is 5.92 Å². The van der Waals surface area contributed by atoms with Gasteiger partial charge in [-0.05, 0) is 42.0 Å². The van der Waals surface area contributed by atoms with E-state index in [4.69, 9.17) is 0 Å². The summed E-state index contributed by atoms with van der Waals surface area (Å²) >= 11 is 0. The summed E-state index contributed by atoms with van der Waals surface area (Å²) in [5.74, 6) is 1.74. The van der Waals surface area contributed by atoms with E-state index in [0.717, 1.165) is 11.7 Å². The van der Waals surface area contributed by atoms with Crippen LogP contribution >= 0.6 is 0 Å². The van der Waals surface area contributed by atoms with E-state index >= 15 is 0 Å². The number of nitrogens with zero attached hydrogens (tertiary/aromatic N) is 5. The minimum absolute atomic E-state index is 0.516. The number of aromatic nitrogens is 5. The summed E-state index contributed by atoms with van der Waals surface area (Å²) < 4.78 is 1.70. The molecule has 0 unspecified atom stereocenters. The molecule has 0 radical (unpaired) electrons. The number of nitrogens with one attached hydrogen (secondary N) is 1. The van der Waals surface area contributed by atoms with Gasteiger partial charge in [-0.15, -0.1) is 5.10 Å². The number of tetrazole rings is 1. The second-order valence-corrected chi connectivity index (χ2v) is 4.84. The lowest BCUT2D eigenvalue weighted by Gasteiger charge is -2.27. The first-order valence-electron chi connectivity index (χ1n) is 6.11. The van der Waals surface area contributed by atoms with Gasteiger partial charge in [-0.3, -0.25) is 4.98 Å². The summed E-state index contributed by atoms with van der Waals surface area (Å²) in [4.78, 5) is 4.14. The molecule has 1 saturated carbocycles. The normalized spacial score (nSPS) is 25.0. The molecule has 90 valence electrons. The van der Waals surface area contributed by atoms with Crippen molar-refractivity contribution in [3.63, 3.8) is 0 Å². The molecule has 0 saturated heterocycles. The van der Waals surface area contributed by atoms with Gasteiger partial charge < -0.3 is 5.32 Å². The highest BCUT2D eigenvalue weighted by Crippen LogP contribution is 2.25. The lowest BCUT2D eigenvalue weighted by molar-refractivity contribution is 0.360. The molecule has 0 spiro atoms. The molecule has 0 aromatic carbocycles. The molecule has 0 amide bonds. The van der Waals surface area contributed by atoms with Crippen LogP contribution in [0.25, 0.3) is 5.65 Å². The fraction of sp³-hybridized carbons (Fsp3) is 0.636. The highest BCUT2D eigenvalue weighted by atomic mass is 15.5. The van der Waals surface area contributed by atoms with Crippen molar-refractivity contribution < 1.29 is 0 Å². The standard InChI is InChI=1S/C11H16N6/c1-8-2-4-9(5-3-8)13-10-6-12-7-11-14-15-16-17(10)11/h6-9,13H,2-5H2,1H3. The van der Waals surface area contributed by atoms with Gasteiger partial charge >= 0.3 is 0 Å². The fourth-order valence-electron chi connectivity index (χ4n) is 2.39. The van der Waals surface area contributed by atoms with Gasteiger partial charge in [-0.1, -0.05) is 6.92 Å². The van der Waals surface area contributed by atoms with Crippen molar-refractivity contribution in [2.75, 3.05) is 5.32 Å². The molecule has 1 aliphatic rings. The van der Waals surface area contributed by atoms with Crippen LogP contribution in [0, 0.1) is 5.92 Å². The predicted molar refractivity (Wildman–Crippen MR) is 63.6 cm³/mol. The van der Waals surface area contributed by atoms with Gasteiger partial charge in [0.1, 0.15) is 0 Å². The van der Waals surface area contributed by atoms with E-state index in [1.165, 1.54) is 25.7 Å². The van der Waals surface area contributed by atoms with Crippen molar-refractivity contribution in [3.05, 3.63) is 12.4 Å². The van der Waals surface area contributed by atoms with Crippen LogP contribution in [0.2, 0.25) is 0 Å². The van der Waals surface area contributed by atoms with Crippen LogP contribution in [0.15, 0.2) is 12.4 Å². The summed E-state index contributed by atoms with van der Waals surface area (Å²) in [6.07, 6.45) is 8.43. The van der Waals surface area contributed by atoms with Crippen LogP contribution in [0.3, 0.4) is 0 Å². The number of anilines is 1. The molecule has 6 heteroatoms. The Labute approximate surface area is 99.4 Å². The van der Waals surface area contributed by atoms with Gasteiger partial charge in [0.15, 0.2) is 11.5 Å². The summed E-state index contributed by atoms with van der Waals surface area (Å²) in [7, 11) is 0. The van der Waals surface area contributed by atoms with Gasteiger partial charge in [0.25, 0.3) is 0 Å². The van der Waals surface area contributed by atoms with Crippen LogP contribution < -0.4 is 5.32 Å². The molecular formula is C11H16N6. The second kappa shape index (κ2) is 4.27. The van der Waals surface area contributed by atoms with Crippen LogP contribution in [0.4, 0.5) is 5.82 Å². The molecule has 2 aromatic heterocycles. The maximum atomic E-state index is 4.14. The van der Waals surface area contributed by atoms with E-state index in [0.29, 0.717) is 11.7 Å². The molecule has 0 bridgehead atoms. The van der Waals surface area contributed by atoms with Crippen molar-refractivity contribution in [3.8, 4) is 0 Å². The molecule has 0 aliphatic heterocycles. The van der Waals surface area contributed by atoms with Crippen molar-refractivity contribution in [1.82, 2.24) is 25.0 Å². The zero-order chi connectivity index (χ0) is 11.7. The van der Waals surface area contributed by atoms with Gasteiger partial charge in [0.05, 0.1) is 12.4 Å². The largest absolute Gasteiger partial charge is 0.366 e. The lowest BCUT2D eigenvalue weighted by atomic mass is 9.87. The molecule has 17 heavy (non-hydrogen) atoms. The average molecular weight is 232 g/mol. The fourth-order valence-corrected chi connectivity index (χ4v) is 2.39.